The van der Waals surface area contributed by atoms with Gasteiger partial charge in [-0.3, -0.25) is 14.9 Å². The van der Waals surface area contributed by atoms with E-state index >= 15 is 0 Å². The molecule has 9 nitrogen and oxygen atoms in total. The van der Waals surface area contributed by atoms with E-state index in [1.54, 1.807) is 42.3 Å². The fourth-order valence-electron chi connectivity index (χ4n) is 3.86. The van der Waals surface area contributed by atoms with E-state index in [0.717, 1.165) is 5.52 Å². The third-order valence-corrected chi connectivity index (χ3v) is 5.80. The number of methoxy groups -OCH3 is 1. The quantitative estimate of drug-likeness (QED) is 0.316. The Hall–Kier alpha value is -3.17. The Kier molecular flexibility index (Phi) is 6.57. The summed E-state index contributed by atoms with van der Waals surface area (Å²) in [5.41, 5.74) is 1.93. The number of hydrogen-bond acceptors (Lipinski definition) is 7. The number of carbonyl (C=O) groups is 1. The van der Waals surface area contributed by atoms with Gasteiger partial charge >= 0.3 is 0 Å². The molecule has 3 aromatic rings. The second-order valence-electron chi connectivity index (χ2n) is 7.64. The number of ether oxygens (including phenoxy) is 1. The lowest BCUT2D eigenvalue weighted by Gasteiger charge is -2.30. The van der Waals surface area contributed by atoms with Crippen molar-refractivity contribution < 1.29 is 18.9 Å². The molecule has 1 saturated heterocycles. The Morgan fingerprint density at radius 1 is 1.31 bits per heavy atom. The number of likely N-dealkylation sites (tertiary alicyclic amines) is 1. The van der Waals surface area contributed by atoms with Crippen LogP contribution >= 0.6 is 11.6 Å². The van der Waals surface area contributed by atoms with Gasteiger partial charge in [0.25, 0.3) is 11.6 Å². The number of aromatic nitrogens is 1. The summed E-state index contributed by atoms with van der Waals surface area (Å²) in [4.78, 5) is 30.2. The molecule has 1 aromatic heterocycles. The number of amides is 1. The number of oxazole rings is 1. The van der Waals surface area contributed by atoms with Crippen LogP contribution in [0.5, 0.6) is 0 Å². The van der Waals surface area contributed by atoms with E-state index < -0.39 is 4.92 Å². The first-order valence-corrected chi connectivity index (χ1v) is 10.7. The summed E-state index contributed by atoms with van der Waals surface area (Å²) in [5, 5.41) is 15.0. The number of carbonyl (C=O) groups excluding carboxylic acids is 1. The second kappa shape index (κ2) is 9.54. The molecule has 1 fully saturated rings. The van der Waals surface area contributed by atoms with E-state index in [2.05, 4.69) is 10.3 Å². The minimum absolute atomic E-state index is 0.104. The molecule has 32 heavy (non-hydrogen) atoms. The molecule has 1 aliphatic heterocycles. The van der Waals surface area contributed by atoms with Crippen LogP contribution in [-0.2, 0) is 4.74 Å². The first-order valence-electron chi connectivity index (χ1n) is 10.3. The molecule has 1 amide bonds. The second-order valence-corrected chi connectivity index (χ2v) is 8.08. The average Bonchev–Trinajstić information content (AvgIpc) is 3.22. The maximum atomic E-state index is 13.0. The number of anilines is 1. The molecule has 1 aliphatic rings. The van der Waals surface area contributed by atoms with Crippen LogP contribution in [-0.4, -0.2) is 54.1 Å². The Balaban J connectivity index is 1.43. The van der Waals surface area contributed by atoms with Gasteiger partial charge in [0.15, 0.2) is 11.5 Å². The summed E-state index contributed by atoms with van der Waals surface area (Å²) in [5.74, 6) is 0.530. The molecule has 0 aliphatic carbocycles. The number of nitrogens with one attached hydrogen (secondary N) is 1. The Morgan fingerprint density at radius 3 is 2.81 bits per heavy atom. The van der Waals surface area contributed by atoms with Crippen molar-refractivity contribution in [1.29, 1.82) is 0 Å². The van der Waals surface area contributed by atoms with E-state index in [0.29, 0.717) is 66.8 Å². The number of piperidine rings is 1. The van der Waals surface area contributed by atoms with E-state index in [4.69, 9.17) is 20.8 Å². The highest BCUT2D eigenvalue weighted by atomic mass is 35.5. The standard InChI is InChI=1S/C22H23ClN4O5/c1-31-11-8-24-17-4-2-15(12-19(17)27(29)30)22(28)26-9-6-14(7-10-26)21-25-18-13-16(23)3-5-20(18)32-21/h2-5,12-14,24H,6-11H2,1H3. The number of halogens is 1. The first-order chi connectivity index (χ1) is 15.5. The molecule has 1 N–H and O–H groups in total. The lowest BCUT2D eigenvalue weighted by Crippen LogP contribution is -2.38. The normalized spacial score (nSPS) is 14.6. The molecule has 0 atom stereocenters. The summed E-state index contributed by atoms with van der Waals surface area (Å²) in [6.07, 6.45) is 1.40. The van der Waals surface area contributed by atoms with Crippen molar-refractivity contribution in [2.24, 2.45) is 0 Å². The van der Waals surface area contributed by atoms with Crippen LogP contribution in [0.3, 0.4) is 0 Å². The molecule has 0 bridgehead atoms. The molecule has 4 rings (SSSR count). The fourth-order valence-corrected chi connectivity index (χ4v) is 4.02. The summed E-state index contributed by atoms with van der Waals surface area (Å²) in [7, 11) is 1.56. The monoisotopic (exact) mass is 458 g/mol. The van der Waals surface area contributed by atoms with Crippen LogP contribution in [0.4, 0.5) is 11.4 Å². The highest BCUT2D eigenvalue weighted by molar-refractivity contribution is 6.31. The SMILES string of the molecule is COCCNc1ccc(C(=O)N2CCC(c3nc4cc(Cl)ccc4o3)CC2)cc1[N+](=O)[O-]. The summed E-state index contributed by atoms with van der Waals surface area (Å²) in [6.45, 7) is 1.88. The molecule has 0 unspecified atom stereocenters. The van der Waals surface area contributed by atoms with Gasteiger partial charge in [0.1, 0.15) is 11.2 Å². The predicted molar refractivity (Wildman–Crippen MR) is 120 cm³/mol. The molecular formula is C22H23ClN4O5. The lowest BCUT2D eigenvalue weighted by molar-refractivity contribution is -0.384. The number of benzene rings is 2. The number of hydrogen-bond donors (Lipinski definition) is 1. The van der Waals surface area contributed by atoms with Crippen LogP contribution in [0, 0.1) is 10.1 Å². The van der Waals surface area contributed by atoms with Crippen molar-refractivity contribution in [3.8, 4) is 0 Å². The molecular weight excluding hydrogens is 436 g/mol. The largest absolute Gasteiger partial charge is 0.440 e. The van der Waals surface area contributed by atoms with Crippen LogP contribution in [0.15, 0.2) is 40.8 Å². The Labute approximate surface area is 189 Å². The van der Waals surface area contributed by atoms with Gasteiger partial charge in [0.05, 0.1) is 11.5 Å². The fraction of sp³-hybridized carbons (Fsp3) is 0.364. The number of fused-ring (bicyclic) bond motifs is 1. The molecule has 2 aromatic carbocycles. The van der Waals surface area contributed by atoms with E-state index in [9.17, 15) is 14.9 Å². The highest BCUT2D eigenvalue weighted by Crippen LogP contribution is 2.32. The van der Waals surface area contributed by atoms with Crippen molar-refractivity contribution in [2.45, 2.75) is 18.8 Å². The third kappa shape index (κ3) is 4.68. The zero-order chi connectivity index (χ0) is 22.7. The van der Waals surface area contributed by atoms with Gasteiger partial charge in [-0.15, -0.1) is 0 Å². The Morgan fingerprint density at radius 2 is 2.09 bits per heavy atom. The number of nitrogens with zero attached hydrogens (tertiary/aromatic N) is 3. The van der Waals surface area contributed by atoms with Crippen molar-refractivity contribution >= 4 is 40.0 Å². The minimum atomic E-state index is -0.488. The number of rotatable bonds is 7. The van der Waals surface area contributed by atoms with E-state index in [1.807, 2.05) is 0 Å². The Bertz CT molecular complexity index is 1140. The maximum absolute atomic E-state index is 13.0. The van der Waals surface area contributed by atoms with Gasteiger partial charge in [-0.05, 0) is 43.2 Å². The first kappa shape index (κ1) is 22.0. The van der Waals surface area contributed by atoms with Crippen molar-refractivity contribution in [1.82, 2.24) is 9.88 Å². The zero-order valence-corrected chi connectivity index (χ0v) is 18.3. The zero-order valence-electron chi connectivity index (χ0n) is 17.5. The predicted octanol–water partition coefficient (Wildman–Crippen LogP) is 4.47. The summed E-state index contributed by atoms with van der Waals surface area (Å²) in [6, 6.07) is 9.83. The van der Waals surface area contributed by atoms with Gasteiger partial charge < -0.3 is 19.4 Å². The lowest BCUT2D eigenvalue weighted by atomic mass is 9.96. The smallest absolute Gasteiger partial charge is 0.293 e. The van der Waals surface area contributed by atoms with Crippen LogP contribution in [0.25, 0.3) is 11.1 Å². The van der Waals surface area contributed by atoms with E-state index in [-0.39, 0.29) is 17.5 Å². The van der Waals surface area contributed by atoms with Crippen LogP contribution < -0.4 is 5.32 Å². The van der Waals surface area contributed by atoms with Gasteiger partial charge in [-0.25, -0.2) is 4.98 Å². The maximum Gasteiger partial charge on any atom is 0.293 e. The summed E-state index contributed by atoms with van der Waals surface area (Å²) >= 11 is 6.02. The summed E-state index contributed by atoms with van der Waals surface area (Å²) < 4.78 is 10.8. The average molecular weight is 459 g/mol. The molecule has 0 radical (unpaired) electrons. The van der Waals surface area contributed by atoms with Gasteiger partial charge in [0.2, 0.25) is 0 Å². The number of nitro benzene ring substituents is 1. The van der Waals surface area contributed by atoms with Gasteiger partial charge in [-0.1, -0.05) is 11.6 Å². The van der Waals surface area contributed by atoms with Crippen molar-refractivity contribution in [3.05, 3.63) is 63.0 Å². The van der Waals surface area contributed by atoms with Crippen molar-refractivity contribution in [2.75, 3.05) is 38.7 Å². The van der Waals surface area contributed by atoms with Crippen LogP contribution in [0.1, 0.15) is 35.0 Å². The topological polar surface area (TPSA) is 111 Å². The molecule has 0 spiro atoms. The van der Waals surface area contributed by atoms with Crippen LogP contribution in [0.2, 0.25) is 5.02 Å². The molecule has 2 heterocycles. The van der Waals surface area contributed by atoms with Crippen molar-refractivity contribution in [3.63, 3.8) is 0 Å². The molecule has 168 valence electrons. The molecule has 10 heteroatoms. The number of nitro groups is 1. The third-order valence-electron chi connectivity index (χ3n) is 5.56. The highest BCUT2D eigenvalue weighted by Gasteiger charge is 2.28. The minimum Gasteiger partial charge on any atom is -0.440 e. The van der Waals surface area contributed by atoms with Gasteiger partial charge in [-0.2, -0.15) is 0 Å². The molecule has 0 saturated carbocycles. The van der Waals surface area contributed by atoms with Gasteiger partial charge in [0, 0.05) is 49.3 Å². The van der Waals surface area contributed by atoms with E-state index in [1.165, 1.54) is 6.07 Å².